The number of likely N-dealkylation sites (tertiary alicyclic amines) is 1. The van der Waals surface area contributed by atoms with Gasteiger partial charge in [-0.05, 0) is 24.3 Å². The van der Waals surface area contributed by atoms with Gasteiger partial charge in [-0.3, -0.25) is 9.59 Å². The molecule has 20 heavy (non-hydrogen) atoms. The number of hydrogen-bond donors (Lipinski definition) is 3. The lowest BCUT2D eigenvalue weighted by Crippen LogP contribution is -3.11. The molecule has 2 rings (SSSR count). The minimum atomic E-state index is -0.357. The Kier molecular flexibility index (Phi) is 5.06. The van der Waals surface area contributed by atoms with Gasteiger partial charge >= 0.3 is 0 Å². The molecule has 1 heterocycles. The first-order valence-corrected chi connectivity index (χ1v) is 6.79. The maximum atomic E-state index is 12.7. The Labute approximate surface area is 117 Å². The molecule has 6 heteroatoms. The van der Waals surface area contributed by atoms with Gasteiger partial charge in [-0.2, -0.15) is 0 Å². The van der Waals surface area contributed by atoms with E-state index in [1.165, 1.54) is 29.2 Å². The molecule has 0 atom stereocenters. The molecule has 1 aliphatic heterocycles. The zero-order valence-electron chi connectivity index (χ0n) is 11.2. The number of carbonyl (C=O) groups is 2. The van der Waals surface area contributed by atoms with Crippen LogP contribution in [0.3, 0.4) is 0 Å². The summed E-state index contributed by atoms with van der Waals surface area (Å²) in [7, 11) is 0. The molecule has 0 bridgehead atoms. The highest BCUT2D eigenvalue weighted by atomic mass is 19.1. The number of rotatable bonds is 5. The minimum absolute atomic E-state index is 0.0660. The molecule has 0 aliphatic carbocycles. The van der Waals surface area contributed by atoms with Gasteiger partial charge in [0.15, 0.2) is 6.54 Å². The Morgan fingerprint density at radius 1 is 1.10 bits per heavy atom. The molecule has 2 amide bonds. The van der Waals surface area contributed by atoms with E-state index in [-0.39, 0.29) is 24.2 Å². The normalized spacial score (nSPS) is 15.1. The second-order valence-corrected chi connectivity index (χ2v) is 4.97. The molecule has 1 saturated heterocycles. The number of quaternary nitrogens is 1. The van der Waals surface area contributed by atoms with Crippen LogP contribution in [0.15, 0.2) is 24.3 Å². The summed E-state index contributed by atoms with van der Waals surface area (Å²) in [4.78, 5) is 24.5. The molecule has 1 fully saturated rings. The van der Waals surface area contributed by atoms with Crippen LogP contribution in [0.25, 0.3) is 0 Å². The first-order valence-electron chi connectivity index (χ1n) is 6.79. The van der Waals surface area contributed by atoms with Crippen molar-refractivity contribution in [2.45, 2.75) is 12.8 Å². The number of benzene rings is 1. The maximum Gasteiger partial charge on any atom is 0.275 e. The lowest BCUT2D eigenvalue weighted by Gasteiger charge is -2.11. The Morgan fingerprint density at radius 3 is 2.40 bits per heavy atom. The SMILES string of the molecule is O=C(C[NH+]1CCCC1)NCC(=O)Nc1ccc(F)cc1. The van der Waals surface area contributed by atoms with Crippen LogP contribution < -0.4 is 15.5 Å². The van der Waals surface area contributed by atoms with Crippen LogP contribution in [0, 0.1) is 5.82 Å². The summed E-state index contributed by atoms with van der Waals surface area (Å²) in [5, 5.41) is 5.19. The van der Waals surface area contributed by atoms with Crippen LogP contribution in [-0.2, 0) is 9.59 Å². The van der Waals surface area contributed by atoms with Crippen LogP contribution in [-0.4, -0.2) is 38.0 Å². The van der Waals surface area contributed by atoms with Crippen LogP contribution in [0.5, 0.6) is 0 Å². The number of nitrogens with one attached hydrogen (secondary N) is 3. The van der Waals surface area contributed by atoms with E-state index < -0.39 is 0 Å². The fraction of sp³-hybridized carbons (Fsp3) is 0.429. The number of anilines is 1. The van der Waals surface area contributed by atoms with E-state index in [1.807, 2.05) is 0 Å². The number of hydrogen-bond acceptors (Lipinski definition) is 2. The zero-order valence-corrected chi connectivity index (χ0v) is 11.2. The van der Waals surface area contributed by atoms with Crippen molar-refractivity contribution in [3.05, 3.63) is 30.1 Å². The molecule has 3 N–H and O–H groups in total. The molecular formula is C14H19FN3O2+. The average Bonchev–Trinajstić information content (AvgIpc) is 2.92. The Balaban J connectivity index is 1.69. The number of amides is 2. The highest BCUT2D eigenvalue weighted by molar-refractivity contribution is 5.94. The van der Waals surface area contributed by atoms with Gasteiger partial charge in [0.2, 0.25) is 5.91 Å². The van der Waals surface area contributed by atoms with Crippen molar-refractivity contribution in [1.29, 1.82) is 0 Å². The summed E-state index contributed by atoms with van der Waals surface area (Å²) in [6.07, 6.45) is 2.32. The summed E-state index contributed by atoms with van der Waals surface area (Å²) in [6.45, 7) is 2.40. The fourth-order valence-corrected chi connectivity index (χ4v) is 2.26. The summed E-state index contributed by atoms with van der Waals surface area (Å²) in [6, 6.07) is 5.49. The third-order valence-electron chi connectivity index (χ3n) is 3.30. The minimum Gasteiger partial charge on any atom is -0.342 e. The second-order valence-electron chi connectivity index (χ2n) is 4.97. The van der Waals surface area contributed by atoms with Gasteiger partial charge in [-0.15, -0.1) is 0 Å². The predicted molar refractivity (Wildman–Crippen MR) is 72.8 cm³/mol. The van der Waals surface area contributed by atoms with E-state index in [1.54, 1.807) is 0 Å². The molecule has 5 nitrogen and oxygen atoms in total. The van der Waals surface area contributed by atoms with Gasteiger partial charge in [0.25, 0.3) is 5.91 Å². The third kappa shape index (κ3) is 4.62. The Morgan fingerprint density at radius 2 is 1.75 bits per heavy atom. The summed E-state index contributed by atoms with van der Waals surface area (Å²) < 4.78 is 12.7. The quantitative estimate of drug-likeness (QED) is 0.685. The lowest BCUT2D eigenvalue weighted by molar-refractivity contribution is -0.879. The number of halogens is 1. The van der Waals surface area contributed by atoms with Crippen molar-refractivity contribution in [2.24, 2.45) is 0 Å². The van der Waals surface area contributed by atoms with Gasteiger partial charge < -0.3 is 15.5 Å². The van der Waals surface area contributed by atoms with Crippen molar-refractivity contribution in [3.63, 3.8) is 0 Å². The average molecular weight is 280 g/mol. The zero-order chi connectivity index (χ0) is 14.4. The monoisotopic (exact) mass is 280 g/mol. The Hall–Kier alpha value is -1.95. The van der Waals surface area contributed by atoms with Crippen LogP contribution in [0.2, 0.25) is 0 Å². The topological polar surface area (TPSA) is 62.6 Å². The van der Waals surface area contributed by atoms with Crippen LogP contribution in [0.4, 0.5) is 10.1 Å². The highest BCUT2D eigenvalue weighted by Gasteiger charge is 2.18. The summed E-state index contributed by atoms with van der Waals surface area (Å²) in [5.41, 5.74) is 0.510. The van der Waals surface area contributed by atoms with E-state index in [9.17, 15) is 14.0 Å². The van der Waals surface area contributed by atoms with Gasteiger partial charge in [0, 0.05) is 18.5 Å². The molecule has 0 aromatic heterocycles. The van der Waals surface area contributed by atoms with Gasteiger partial charge in [-0.25, -0.2) is 4.39 Å². The van der Waals surface area contributed by atoms with Crippen molar-refractivity contribution >= 4 is 17.5 Å². The first kappa shape index (κ1) is 14.5. The van der Waals surface area contributed by atoms with E-state index in [4.69, 9.17) is 0 Å². The van der Waals surface area contributed by atoms with E-state index in [0.29, 0.717) is 12.2 Å². The molecule has 0 saturated carbocycles. The molecule has 0 unspecified atom stereocenters. The fourth-order valence-electron chi connectivity index (χ4n) is 2.26. The largest absolute Gasteiger partial charge is 0.342 e. The smallest absolute Gasteiger partial charge is 0.275 e. The summed E-state index contributed by atoms with van der Waals surface area (Å²) >= 11 is 0. The predicted octanol–water partition coefficient (Wildman–Crippen LogP) is -0.441. The van der Waals surface area contributed by atoms with Crippen molar-refractivity contribution in [1.82, 2.24) is 5.32 Å². The Bertz CT molecular complexity index is 470. The van der Waals surface area contributed by atoms with Crippen molar-refractivity contribution in [3.8, 4) is 0 Å². The van der Waals surface area contributed by atoms with E-state index in [0.717, 1.165) is 25.9 Å². The first-order chi connectivity index (χ1) is 9.63. The van der Waals surface area contributed by atoms with Gasteiger partial charge in [-0.1, -0.05) is 0 Å². The lowest BCUT2D eigenvalue weighted by atomic mass is 10.3. The molecular weight excluding hydrogens is 261 g/mol. The third-order valence-corrected chi connectivity index (χ3v) is 3.30. The maximum absolute atomic E-state index is 12.7. The molecule has 1 aromatic rings. The van der Waals surface area contributed by atoms with Crippen LogP contribution >= 0.6 is 0 Å². The van der Waals surface area contributed by atoms with Gasteiger partial charge in [0.05, 0.1) is 19.6 Å². The van der Waals surface area contributed by atoms with Gasteiger partial charge in [0.1, 0.15) is 5.82 Å². The summed E-state index contributed by atoms with van der Waals surface area (Å²) in [5.74, 6) is -0.789. The van der Waals surface area contributed by atoms with E-state index in [2.05, 4.69) is 10.6 Å². The molecule has 0 radical (unpaired) electrons. The molecule has 1 aromatic carbocycles. The molecule has 0 spiro atoms. The standard InChI is InChI=1S/C14H18FN3O2/c15-11-3-5-12(6-4-11)17-13(19)9-16-14(20)10-18-7-1-2-8-18/h3-6H,1-2,7-10H2,(H,16,20)(H,17,19)/p+1. The molecule has 1 aliphatic rings. The van der Waals surface area contributed by atoms with Crippen molar-refractivity contribution < 1.29 is 18.9 Å². The highest BCUT2D eigenvalue weighted by Crippen LogP contribution is 2.07. The van der Waals surface area contributed by atoms with E-state index >= 15 is 0 Å². The second kappa shape index (κ2) is 7.00. The van der Waals surface area contributed by atoms with Crippen molar-refractivity contribution in [2.75, 3.05) is 31.5 Å². The molecule has 108 valence electrons. The van der Waals surface area contributed by atoms with Crippen LogP contribution in [0.1, 0.15) is 12.8 Å². The number of carbonyl (C=O) groups excluding carboxylic acids is 2.